The van der Waals surface area contributed by atoms with Crippen LogP contribution in [-0.4, -0.2) is 34.5 Å². The molecular formula is C23H21ClN2O6S. The third-order valence-corrected chi connectivity index (χ3v) is 6.46. The van der Waals surface area contributed by atoms with Gasteiger partial charge in [-0.1, -0.05) is 29.8 Å². The molecule has 0 radical (unpaired) electrons. The zero-order valence-electron chi connectivity index (χ0n) is 17.8. The summed E-state index contributed by atoms with van der Waals surface area (Å²) in [6.07, 6.45) is 0. The highest BCUT2D eigenvalue weighted by atomic mass is 35.5. The predicted octanol–water partition coefficient (Wildman–Crippen LogP) is 3.87. The molecule has 3 rings (SSSR count). The quantitative estimate of drug-likeness (QED) is 0.466. The van der Waals surface area contributed by atoms with Gasteiger partial charge in [-0.2, -0.15) is 0 Å². The molecule has 33 heavy (non-hydrogen) atoms. The molecule has 0 heterocycles. The van der Waals surface area contributed by atoms with Crippen LogP contribution in [0.15, 0.2) is 71.6 Å². The van der Waals surface area contributed by atoms with Crippen LogP contribution in [0.25, 0.3) is 0 Å². The summed E-state index contributed by atoms with van der Waals surface area (Å²) < 4.78 is 37.9. The van der Waals surface area contributed by atoms with Crippen molar-refractivity contribution in [3.05, 3.63) is 88.4 Å². The number of amides is 1. The summed E-state index contributed by atoms with van der Waals surface area (Å²) in [7, 11) is -1.31. The van der Waals surface area contributed by atoms with E-state index in [1.54, 1.807) is 36.4 Å². The lowest BCUT2D eigenvalue weighted by Gasteiger charge is -2.13. The molecule has 2 N–H and O–H groups in total. The number of ether oxygens (including phenoxy) is 2. The van der Waals surface area contributed by atoms with Crippen molar-refractivity contribution >= 4 is 39.2 Å². The maximum Gasteiger partial charge on any atom is 0.337 e. The molecule has 172 valence electrons. The van der Waals surface area contributed by atoms with Gasteiger partial charge in [-0.05, 0) is 54.1 Å². The predicted molar refractivity (Wildman–Crippen MR) is 124 cm³/mol. The van der Waals surface area contributed by atoms with Gasteiger partial charge in [0.25, 0.3) is 15.9 Å². The van der Waals surface area contributed by atoms with E-state index < -0.39 is 16.0 Å². The van der Waals surface area contributed by atoms with Crippen LogP contribution in [0.5, 0.6) is 5.75 Å². The minimum absolute atomic E-state index is 0.0295. The highest BCUT2D eigenvalue weighted by molar-refractivity contribution is 7.92. The maximum atomic E-state index is 12.8. The van der Waals surface area contributed by atoms with Crippen LogP contribution in [-0.2, 0) is 21.3 Å². The molecule has 3 aromatic rings. The molecule has 0 saturated heterocycles. The Labute approximate surface area is 196 Å². The summed E-state index contributed by atoms with van der Waals surface area (Å²) in [5.41, 5.74) is 1.09. The fourth-order valence-corrected chi connectivity index (χ4v) is 4.57. The zero-order valence-corrected chi connectivity index (χ0v) is 19.4. The Bertz CT molecular complexity index is 1290. The third kappa shape index (κ3) is 6.03. The maximum absolute atomic E-state index is 12.8. The van der Waals surface area contributed by atoms with E-state index in [0.717, 1.165) is 0 Å². The fraction of sp³-hybridized carbons (Fsp3) is 0.130. The Morgan fingerprint density at radius 3 is 2.39 bits per heavy atom. The second-order valence-corrected chi connectivity index (χ2v) is 8.92. The van der Waals surface area contributed by atoms with Crippen molar-refractivity contribution < 1.29 is 27.5 Å². The molecule has 0 aliphatic heterocycles. The first-order chi connectivity index (χ1) is 15.7. The van der Waals surface area contributed by atoms with E-state index in [1.807, 2.05) is 0 Å². The molecule has 0 aliphatic carbocycles. The average molecular weight is 489 g/mol. The number of hydrogen-bond donors (Lipinski definition) is 2. The van der Waals surface area contributed by atoms with Crippen molar-refractivity contribution in [3.8, 4) is 5.75 Å². The smallest absolute Gasteiger partial charge is 0.337 e. The Balaban J connectivity index is 1.86. The molecule has 0 atom stereocenters. The molecule has 0 aromatic heterocycles. The lowest BCUT2D eigenvalue weighted by molar-refractivity contribution is 0.0600. The van der Waals surface area contributed by atoms with E-state index in [-0.39, 0.29) is 33.6 Å². The molecule has 0 saturated carbocycles. The molecule has 0 bridgehead atoms. The second-order valence-electron chi connectivity index (χ2n) is 6.86. The van der Waals surface area contributed by atoms with Crippen LogP contribution in [0.1, 0.15) is 26.3 Å². The van der Waals surface area contributed by atoms with Gasteiger partial charge in [0.1, 0.15) is 10.6 Å². The lowest BCUT2D eigenvalue weighted by atomic mass is 10.1. The van der Waals surface area contributed by atoms with Gasteiger partial charge in [0.15, 0.2) is 0 Å². The van der Waals surface area contributed by atoms with Crippen molar-refractivity contribution in [2.75, 3.05) is 18.9 Å². The number of methoxy groups -OCH3 is 2. The first kappa shape index (κ1) is 24.1. The Morgan fingerprint density at radius 1 is 0.939 bits per heavy atom. The lowest BCUT2D eigenvalue weighted by Crippen LogP contribution is -2.23. The molecule has 0 fully saturated rings. The normalized spacial score (nSPS) is 10.9. The number of rotatable bonds is 8. The highest BCUT2D eigenvalue weighted by Gasteiger charge is 2.19. The van der Waals surface area contributed by atoms with E-state index in [2.05, 4.69) is 10.0 Å². The van der Waals surface area contributed by atoms with Gasteiger partial charge >= 0.3 is 5.97 Å². The number of carbonyl (C=O) groups excluding carboxylic acids is 2. The van der Waals surface area contributed by atoms with Gasteiger partial charge in [0.2, 0.25) is 0 Å². The summed E-state index contributed by atoms with van der Waals surface area (Å²) in [6, 6.07) is 17.0. The summed E-state index contributed by atoms with van der Waals surface area (Å²) in [6.45, 7) is 0.0295. The van der Waals surface area contributed by atoms with Crippen molar-refractivity contribution in [1.29, 1.82) is 0 Å². The molecule has 8 nitrogen and oxygen atoms in total. The van der Waals surface area contributed by atoms with Crippen molar-refractivity contribution in [2.45, 2.75) is 11.4 Å². The van der Waals surface area contributed by atoms with Crippen LogP contribution in [0, 0.1) is 0 Å². The van der Waals surface area contributed by atoms with Crippen LogP contribution in [0.2, 0.25) is 5.02 Å². The first-order valence-corrected chi connectivity index (χ1v) is 11.5. The highest BCUT2D eigenvalue weighted by Crippen LogP contribution is 2.25. The third-order valence-electron chi connectivity index (χ3n) is 4.58. The molecule has 0 spiro atoms. The molecule has 3 aromatic carbocycles. The fourth-order valence-electron chi connectivity index (χ4n) is 3.01. The van der Waals surface area contributed by atoms with Gasteiger partial charge in [0.05, 0.1) is 30.5 Å². The number of nitrogens with one attached hydrogen (secondary N) is 2. The van der Waals surface area contributed by atoms with E-state index in [0.29, 0.717) is 16.9 Å². The number of sulfonamides is 1. The Kier molecular flexibility index (Phi) is 7.57. The standard InChI is InChI=1S/C23H21ClN2O6S/c1-31-19-7-5-6-16(13-19)22(27)25-14-15-10-17(23(28)32-2)12-18(11-15)26-33(29,30)21-9-4-3-8-20(21)24/h3-13,26H,14H2,1-2H3,(H,25,27). The second kappa shape index (κ2) is 10.4. The number of benzene rings is 3. The van der Waals surface area contributed by atoms with Gasteiger partial charge in [-0.15, -0.1) is 0 Å². The molecule has 10 heteroatoms. The molecular weight excluding hydrogens is 468 g/mol. The summed E-state index contributed by atoms with van der Waals surface area (Å²) in [5, 5.41) is 2.79. The van der Waals surface area contributed by atoms with E-state index in [1.165, 1.54) is 44.6 Å². The zero-order chi connectivity index (χ0) is 24.0. The van der Waals surface area contributed by atoms with Crippen molar-refractivity contribution in [3.63, 3.8) is 0 Å². The minimum Gasteiger partial charge on any atom is -0.497 e. The van der Waals surface area contributed by atoms with Crippen molar-refractivity contribution in [2.24, 2.45) is 0 Å². The minimum atomic E-state index is -4.03. The summed E-state index contributed by atoms with van der Waals surface area (Å²) in [4.78, 5) is 24.5. The van der Waals surface area contributed by atoms with E-state index in [9.17, 15) is 18.0 Å². The summed E-state index contributed by atoms with van der Waals surface area (Å²) >= 11 is 6.03. The first-order valence-electron chi connectivity index (χ1n) is 9.65. The van der Waals surface area contributed by atoms with Gasteiger partial charge in [-0.25, -0.2) is 13.2 Å². The van der Waals surface area contributed by atoms with Crippen LogP contribution in [0.4, 0.5) is 5.69 Å². The van der Waals surface area contributed by atoms with Crippen LogP contribution in [0.3, 0.4) is 0 Å². The monoisotopic (exact) mass is 488 g/mol. The number of halogens is 1. The average Bonchev–Trinajstić information content (AvgIpc) is 2.81. The van der Waals surface area contributed by atoms with Crippen molar-refractivity contribution in [1.82, 2.24) is 5.32 Å². The molecule has 0 unspecified atom stereocenters. The van der Waals surface area contributed by atoms with Crippen LogP contribution < -0.4 is 14.8 Å². The Hall–Kier alpha value is -3.56. The van der Waals surface area contributed by atoms with Crippen LogP contribution >= 0.6 is 11.6 Å². The van der Waals surface area contributed by atoms with Gasteiger partial charge < -0.3 is 14.8 Å². The van der Waals surface area contributed by atoms with Gasteiger partial charge in [0, 0.05) is 12.1 Å². The number of hydrogen-bond acceptors (Lipinski definition) is 6. The summed E-state index contributed by atoms with van der Waals surface area (Å²) in [5.74, 6) is -0.490. The molecule has 1 amide bonds. The number of esters is 1. The van der Waals surface area contributed by atoms with Gasteiger partial charge in [-0.3, -0.25) is 9.52 Å². The largest absolute Gasteiger partial charge is 0.497 e. The van der Waals surface area contributed by atoms with E-state index >= 15 is 0 Å². The number of carbonyl (C=O) groups is 2. The Morgan fingerprint density at radius 2 is 1.70 bits per heavy atom. The topological polar surface area (TPSA) is 111 Å². The SMILES string of the molecule is COC(=O)c1cc(CNC(=O)c2cccc(OC)c2)cc(NS(=O)(=O)c2ccccc2Cl)c1. The molecule has 0 aliphatic rings. The number of anilines is 1. The van der Waals surface area contributed by atoms with E-state index in [4.69, 9.17) is 21.1 Å².